The summed E-state index contributed by atoms with van der Waals surface area (Å²) < 4.78 is 1.01. The fraction of sp³-hybridized carbons (Fsp3) is 0.400. The summed E-state index contributed by atoms with van der Waals surface area (Å²) in [4.78, 5) is 6.80. The molecule has 0 saturated carbocycles. The first-order valence-electron chi connectivity index (χ1n) is 8.72. The van der Waals surface area contributed by atoms with E-state index in [0.717, 1.165) is 28.8 Å². The van der Waals surface area contributed by atoms with Gasteiger partial charge in [-0.1, -0.05) is 41.9 Å². The molecule has 0 aliphatic carbocycles. The van der Waals surface area contributed by atoms with Gasteiger partial charge in [0.1, 0.15) is 22.4 Å². The molecule has 0 radical (unpaired) electrons. The van der Waals surface area contributed by atoms with E-state index in [9.17, 15) is 10.4 Å². The largest absolute Gasteiger partial charge is 0.509 e. The molecule has 136 valence electrons. The number of benzene rings is 1. The van der Waals surface area contributed by atoms with Crippen LogP contribution in [-0.4, -0.2) is 34.6 Å². The van der Waals surface area contributed by atoms with Crippen molar-refractivity contribution in [2.75, 3.05) is 19.6 Å². The number of aliphatic hydroxyl groups excluding tert-OH is 1. The maximum absolute atomic E-state index is 10.6. The predicted octanol–water partition coefficient (Wildman–Crippen LogP) is 5.34. The van der Waals surface area contributed by atoms with E-state index in [0.29, 0.717) is 23.4 Å². The quantitative estimate of drug-likeness (QED) is 0.523. The van der Waals surface area contributed by atoms with E-state index in [1.165, 1.54) is 17.8 Å². The van der Waals surface area contributed by atoms with Crippen LogP contribution in [0.15, 0.2) is 39.9 Å². The molecule has 1 fully saturated rings. The molecule has 4 nitrogen and oxygen atoms in total. The van der Waals surface area contributed by atoms with E-state index < -0.39 is 0 Å². The summed E-state index contributed by atoms with van der Waals surface area (Å²) in [5.41, 5.74) is 2.09. The Bertz CT molecular complexity index is 827. The summed E-state index contributed by atoms with van der Waals surface area (Å²) in [6.07, 6.45) is 1.22. The second-order valence-corrected chi connectivity index (χ2v) is 8.89. The average molecular weight is 432 g/mol. The van der Waals surface area contributed by atoms with Crippen LogP contribution in [0.25, 0.3) is 16.8 Å². The molecule has 0 unspecified atom stereocenters. The van der Waals surface area contributed by atoms with Gasteiger partial charge in [-0.3, -0.25) is 4.90 Å². The van der Waals surface area contributed by atoms with Crippen LogP contribution >= 0.6 is 27.3 Å². The Kier molecular flexibility index (Phi) is 6.13. The van der Waals surface area contributed by atoms with Gasteiger partial charge >= 0.3 is 0 Å². The van der Waals surface area contributed by atoms with Gasteiger partial charge in [-0.05, 0) is 30.4 Å². The topological polar surface area (TPSA) is 60.1 Å². The number of aliphatic hydroxyl groups is 1. The second kappa shape index (κ2) is 8.34. The summed E-state index contributed by atoms with van der Waals surface area (Å²) in [6, 6.07) is 10.0. The van der Waals surface area contributed by atoms with Crippen molar-refractivity contribution in [3.63, 3.8) is 0 Å². The lowest BCUT2D eigenvalue weighted by Crippen LogP contribution is -2.39. The van der Waals surface area contributed by atoms with E-state index in [-0.39, 0.29) is 11.3 Å². The zero-order chi connectivity index (χ0) is 18.7. The van der Waals surface area contributed by atoms with Crippen LogP contribution in [-0.2, 0) is 0 Å². The number of halogens is 1. The molecular weight excluding hydrogens is 410 g/mol. The predicted molar refractivity (Wildman–Crippen MR) is 110 cm³/mol. The van der Waals surface area contributed by atoms with Crippen molar-refractivity contribution in [2.45, 2.75) is 20.3 Å². The number of hydrogen-bond donors (Lipinski definition) is 1. The van der Waals surface area contributed by atoms with Crippen LogP contribution in [0.1, 0.15) is 25.3 Å². The lowest BCUT2D eigenvalue weighted by Gasteiger charge is -2.34. The van der Waals surface area contributed by atoms with E-state index in [1.807, 2.05) is 29.6 Å². The smallest absolute Gasteiger partial charge is 0.138 e. The van der Waals surface area contributed by atoms with Crippen molar-refractivity contribution >= 4 is 32.8 Å². The second-order valence-electron chi connectivity index (χ2n) is 7.12. The molecule has 0 bridgehead atoms. The molecule has 1 aromatic carbocycles. The third-order valence-electron chi connectivity index (χ3n) is 4.58. The molecule has 1 aliphatic heterocycles. The van der Waals surface area contributed by atoms with Crippen molar-refractivity contribution in [2.24, 2.45) is 11.8 Å². The summed E-state index contributed by atoms with van der Waals surface area (Å²) in [7, 11) is 0. The fourth-order valence-corrected chi connectivity index (χ4v) is 4.70. The maximum Gasteiger partial charge on any atom is 0.138 e. The number of aromatic nitrogens is 1. The summed E-state index contributed by atoms with van der Waals surface area (Å²) in [6.45, 7) is 6.79. The SMILES string of the molecule is C[C@H]1C[C@H](C)CN(C/C(O)=C(\C#N)c2nc(-c3ccc(Br)cc3)cs2)C1. The van der Waals surface area contributed by atoms with Gasteiger partial charge in [-0.15, -0.1) is 11.3 Å². The first kappa shape index (κ1) is 19.1. The number of thiazole rings is 1. The molecule has 1 N–H and O–H groups in total. The third-order valence-corrected chi connectivity index (χ3v) is 5.96. The Morgan fingerprint density at radius 3 is 2.58 bits per heavy atom. The molecule has 6 heteroatoms. The van der Waals surface area contributed by atoms with Crippen molar-refractivity contribution in [3.05, 3.63) is 44.9 Å². The van der Waals surface area contributed by atoms with Gasteiger partial charge in [0.2, 0.25) is 0 Å². The fourth-order valence-electron chi connectivity index (χ4n) is 3.59. The molecule has 1 aromatic heterocycles. The van der Waals surface area contributed by atoms with E-state index >= 15 is 0 Å². The van der Waals surface area contributed by atoms with Crippen LogP contribution in [0.2, 0.25) is 0 Å². The van der Waals surface area contributed by atoms with Crippen molar-refractivity contribution < 1.29 is 5.11 Å². The number of likely N-dealkylation sites (tertiary alicyclic amines) is 1. The van der Waals surface area contributed by atoms with E-state index in [1.54, 1.807) is 0 Å². The number of hydrogen-bond acceptors (Lipinski definition) is 5. The highest BCUT2D eigenvalue weighted by molar-refractivity contribution is 9.10. The minimum Gasteiger partial charge on any atom is -0.509 e. The Hall–Kier alpha value is -1.68. The van der Waals surface area contributed by atoms with Gasteiger partial charge in [-0.2, -0.15) is 5.26 Å². The normalized spacial score (nSPS) is 21.9. The zero-order valence-electron chi connectivity index (χ0n) is 14.9. The zero-order valence-corrected chi connectivity index (χ0v) is 17.3. The maximum atomic E-state index is 10.6. The van der Waals surface area contributed by atoms with Gasteiger partial charge in [0.25, 0.3) is 0 Å². The molecule has 26 heavy (non-hydrogen) atoms. The van der Waals surface area contributed by atoms with Gasteiger partial charge in [0, 0.05) is 28.5 Å². The number of nitriles is 1. The van der Waals surface area contributed by atoms with Crippen LogP contribution in [0.5, 0.6) is 0 Å². The summed E-state index contributed by atoms with van der Waals surface area (Å²) in [5, 5.41) is 22.6. The Morgan fingerprint density at radius 2 is 1.96 bits per heavy atom. The number of nitrogens with zero attached hydrogens (tertiary/aromatic N) is 3. The van der Waals surface area contributed by atoms with Crippen molar-refractivity contribution in [3.8, 4) is 17.3 Å². The molecule has 2 atom stereocenters. The average Bonchev–Trinajstić information content (AvgIpc) is 3.05. The highest BCUT2D eigenvalue weighted by Gasteiger charge is 2.24. The summed E-state index contributed by atoms with van der Waals surface area (Å²) in [5.74, 6) is 1.34. The van der Waals surface area contributed by atoms with Gasteiger partial charge in [-0.25, -0.2) is 4.98 Å². The van der Waals surface area contributed by atoms with Crippen LogP contribution < -0.4 is 0 Å². The minimum absolute atomic E-state index is 0.116. The van der Waals surface area contributed by atoms with Gasteiger partial charge in [0.05, 0.1) is 12.2 Å². The number of allylic oxidation sites excluding steroid dienone is 1. The monoisotopic (exact) mass is 431 g/mol. The Balaban J connectivity index is 1.80. The molecule has 0 spiro atoms. The highest BCUT2D eigenvalue weighted by Crippen LogP contribution is 2.29. The van der Waals surface area contributed by atoms with Crippen LogP contribution in [0.3, 0.4) is 0 Å². The van der Waals surface area contributed by atoms with Crippen LogP contribution in [0, 0.1) is 23.2 Å². The minimum atomic E-state index is 0.116. The first-order chi connectivity index (χ1) is 12.5. The summed E-state index contributed by atoms with van der Waals surface area (Å²) >= 11 is 4.82. The van der Waals surface area contributed by atoms with E-state index in [4.69, 9.17) is 0 Å². The molecule has 2 heterocycles. The molecule has 0 amide bonds. The molecular formula is C20H22BrN3OS. The molecule has 1 aliphatic rings. The van der Waals surface area contributed by atoms with Crippen LogP contribution in [0.4, 0.5) is 0 Å². The Labute approximate surface area is 166 Å². The lowest BCUT2D eigenvalue weighted by atomic mass is 9.92. The standard InChI is InChI=1S/C20H22BrN3OS/c1-13-7-14(2)10-24(9-13)11-19(25)17(8-22)20-23-18(12-26-20)15-3-5-16(21)6-4-15/h3-6,12-14,25H,7,9-11H2,1-2H3/b19-17-/t13-,14-/m0/s1. The highest BCUT2D eigenvalue weighted by atomic mass is 79.9. The Morgan fingerprint density at radius 1 is 1.31 bits per heavy atom. The lowest BCUT2D eigenvalue weighted by molar-refractivity contribution is 0.138. The molecule has 2 aromatic rings. The van der Waals surface area contributed by atoms with Gasteiger partial charge < -0.3 is 5.11 Å². The van der Waals surface area contributed by atoms with E-state index in [2.05, 4.69) is 45.7 Å². The van der Waals surface area contributed by atoms with Crippen molar-refractivity contribution in [1.29, 1.82) is 5.26 Å². The van der Waals surface area contributed by atoms with Gasteiger partial charge in [0.15, 0.2) is 0 Å². The molecule has 3 rings (SSSR count). The van der Waals surface area contributed by atoms with Crippen molar-refractivity contribution in [1.82, 2.24) is 9.88 Å². The number of piperidine rings is 1. The number of rotatable bonds is 4. The third kappa shape index (κ3) is 4.53. The first-order valence-corrected chi connectivity index (χ1v) is 10.4. The molecule has 1 saturated heterocycles.